The summed E-state index contributed by atoms with van der Waals surface area (Å²) in [5, 5.41) is 10.8. The van der Waals surface area contributed by atoms with Gasteiger partial charge in [-0.2, -0.15) is 0 Å². The van der Waals surface area contributed by atoms with Gasteiger partial charge in [-0.3, -0.25) is 14.9 Å². The predicted molar refractivity (Wildman–Crippen MR) is 79.7 cm³/mol. The molecule has 0 saturated carbocycles. The molecule has 0 N–H and O–H groups in total. The lowest BCUT2D eigenvalue weighted by molar-refractivity contribution is -0.384. The fourth-order valence-corrected chi connectivity index (χ4v) is 2.96. The smallest absolute Gasteiger partial charge is 0.270 e. The highest BCUT2D eigenvalue weighted by atomic mass is 79.9. The van der Waals surface area contributed by atoms with Crippen molar-refractivity contribution in [2.75, 3.05) is 13.1 Å². The monoisotopic (exact) mass is 340 g/mol. The SMILES string of the molecule is CCC1CCCN(C(=O)c2cc([N+](=O)[O-])ccc2Br)C1. The molecule has 1 amide bonds. The molecule has 1 saturated heterocycles. The summed E-state index contributed by atoms with van der Waals surface area (Å²) in [6, 6.07) is 4.31. The van der Waals surface area contributed by atoms with E-state index in [0.717, 1.165) is 32.4 Å². The maximum absolute atomic E-state index is 12.5. The number of nitro groups is 1. The summed E-state index contributed by atoms with van der Waals surface area (Å²) in [4.78, 5) is 24.7. The van der Waals surface area contributed by atoms with Crippen molar-refractivity contribution in [3.05, 3.63) is 38.3 Å². The van der Waals surface area contributed by atoms with Crippen LogP contribution in [0.5, 0.6) is 0 Å². The van der Waals surface area contributed by atoms with Gasteiger partial charge < -0.3 is 4.90 Å². The first kappa shape index (κ1) is 15.0. The topological polar surface area (TPSA) is 63.5 Å². The summed E-state index contributed by atoms with van der Waals surface area (Å²) < 4.78 is 0.603. The lowest BCUT2D eigenvalue weighted by atomic mass is 9.95. The van der Waals surface area contributed by atoms with Crippen LogP contribution in [0.2, 0.25) is 0 Å². The largest absolute Gasteiger partial charge is 0.338 e. The summed E-state index contributed by atoms with van der Waals surface area (Å²) in [7, 11) is 0. The average molecular weight is 341 g/mol. The van der Waals surface area contributed by atoms with Gasteiger partial charge in [0.25, 0.3) is 11.6 Å². The van der Waals surface area contributed by atoms with Crippen LogP contribution in [-0.4, -0.2) is 28.8 Å². The molecule has 1 aliphatic rings. The van der Waals surface area contributed by atoms with Crippen LogP contribution in [0.4, 0.5) is 5.69 Å². The minimum absolute atomic E-state index is 0.0550. The van der Waals surface area contributed by atoms with Crippen LogP contribution < -0.4 is 0 Å². The zero-order valence-corrected chi connectivity index (χ0v) is 12.9. The standard InChI is InChI=1S/C14H17BrN2O3/c1-2-10-4-3-7-16(9-10)14(18)12-8-11(17(19)20)5-6-13(12)15/h5-6,8,10H,2-4,7,9H2,1H3. The zero-order chi connectivity index (χ0) is 14.7. The maximum atomic E-state index is 12.5. The Morgan fingerprint density at radius 3 is 2.95 bits per heavy atom. The average Bonchev–Trinajstić information content (AvgIpc) is 2.46. The molecule has 1 unspecified atom stereocenters. The summed E-state index contributed by atoms with van der Waals surface area (Å²) >= 11 is 3.31. The number of non-ortho nitro benzene ring substituents is 1. The number of amides is 1. The van der Waals surface area contributed by atoms with Crippen molar-refractivity contribution in [1.29, 1.82) is 0 Å². The second-order valence-corrected chi connectivity index (χ2v) is 5.94. The van der Waals surface area contributed by atoms with Crippen LogP contribution in [0.25, 0.3) is 0 Å². The Labute approximate surface area is 126 Å². The number of piperidine rings is 1. The number of rotatable bonds is 3. The Morgan fingerprint density at radius 2 is 2.30 bits per heavy atom. The Kier molecular flexibility index (Phi) is 4.75. The van der Waals surface area contributed by atoms with E-state index in [2.05, 4.69) is 22.9 Å². The van der Waals surface area contributed by atoms with Gasteiger partial charge in [0, 0.05) is 29.7 Å². The fourth-order valence-electron chi connectivity index (χ4n) is 2.54. The number of likely N-dealkylation sites (tertiary alicyclic amines) is 1. The summed E-state index contributed by atoms with van der Waals surface area (Å²) in [6.07, 6.45) is 3.20. The first-order valence-corrected chi connectivity index (χ1v) is 7.55. The number of hydrogen-bond acceptors (Lipinski definition) is 3. The van der Waals surface area contributed by atoms with Crippen molar-refractivity contribution in [3.63, 3.8) is 0 Å². The first-order chi connectivity index (χ1) is 9.52. The molecule has 2 rings (SSSR count). The maximum Gasteiger partial charge on any atom is 0.270 e. The first-order valence-electron chi connectivity index (χ1n) is 6.76. The van der Waals surface area contributed by atoms with Crippen LogP contribution in [0.3, 0.4) is 0 Å². The number of benzene rings is 1. The molecule has 0 radical (unpaired) electrons. The second-order valence-electron chi connectivity index (χ2n) is 5.09. The number of hydrogen-bond donors (Lipinski definition) is 0. The van der Waals surface area contributed by atoms with Gasteiger partial charge in [-0.1, -0.05) is 13.3 Å². The number of carbonyl (C=O) groups excluding carboxylic acids is 1. The van der Waals surface area contributed by atoms with Crippen molar-refractivity contribution in [3.8, 4) is 0 Å². The van der Waals surface area contributed by atoms with Gasteiger partial charge in [0.2, 0.25) is 0 Å². The van der Waals surface area contributed by atoms with Crippen LogP contribution in [0.1, 0.15) is 36.5 Å². The van der Waals surface area contributed by atoms with Crippen molar-refractivity contribution < 1.29 is 9.72 Å². The lowest BCUT2D eigenvalue weighted by Crippen LogP contribution is -2.39. The van der Waals surface area contributed by atoms with Gasteiger partial charge in [0.05, 0.1) is 10.5 Å². The molecule has 1 aromatic rings. The lowest BCUT2D eigenvalue weighted by Gasteiger charge is -2.32. The normalized spacial score (nSPS) is 18.9. The Morgan fingerprint density at radius 1 is 1.55 bits per heavy atom. The summed E-state index contributed by atoms with van der Waals surface area (Å²) in [5.74, 6) is 0.406. The van der Waals surface area contributed by atoms with E-state index in [1.807, 2.05) is 4.90 Å². The van der Waals surface area contributed by atoms with Gasteiger partial charge >= 0.3 is 0 Å². The molecule has 20 heavy (non-hydrogen) atoms. The molecule has 1 aromatic carbocycles. The highest BCUT2D eigenvalue weighted by molar-refractivity contribution is 9.10. The van der Waals surface area contributed by atoms with E-state index in [4.69, 9.17) is 0 Å². The van der Waals surface area contributed by atoms with Crippen LogP contribution in [0, 0.1) is 16.0 Å². The summed E-state index contributed by atoms with van der Waals surface area (Å²) in [5.41, 5.74) is 0.316. The van der Waals surface area contributed by atoms with E-state index in [1.54, 1.807) is 6.07 Å². The predicted octanol–water partition coefficient (Wildman–Crippen LogP) is 3.62. The van der Waals surface area contributed by atoms with Crippen LogP contribution in [0.15, 0.2) is 22.7 Å². The van der Waals surface area contributed by atoms with Gasteiger partial charge in [-0.05, 0) is 40.8 Å². The fraction of sp³-hybridized carbons (Fsp3) is 0.500. The van der Waals surface area contributed by atoms with E-state index in [1.165, 1.54) is 12.1 Å². The third-order valence-corrected chi connectivity index (χ3v) is 4.47. The molecule has 1 atom stereocenters. The molecule has 5 nitrogen and oxygen atoms in total. The molecule has 0 aliphatic carbocycles. The molecule has 0 spiro atoms. The second kappa shape index (κ2) is 6.35. The number of nitrogens with zero attached hydrogens (tertiary/aromatic N) is 2. The molecule has 108 valence electrons. The minimum Gasteiger partial charge on any atom is -0.338 e. The van der Waals surface area contributed by atoms with E-state index in [0.29, 0.717) is 16.0 Å². The van der Waals surface area contributed by atoms with Crippen molar-refractivity contribution in [1.82, 2.24) is 4.90 Å². The van der Waals surface area contributed by atoms with Crippen molar-refractivity contribution in [2.24, 2.45) is 5.92 Å². The molecule has 6 heteroatoms. The third kappa shape index (κ3) is 3.17. The number of halogens is 1. The number of nitro benzene ring substituents is 1. The van der Waals surface area contributed by atoms with Gasteiger partial charge in [0.15, 0.2) is 0 Å². The van der Waals surface area contributed by atoms with E-state index < -0.39 is 4.92 Å². The quantitative estimate of drug-likeness (QED) is 0.623. The Bertz CT molecular complexity index is 533. The van der Waals surface area contributed by atoms with Crippen molar-refractivity contribution in [2.45, 2.75) is 26.2 Å². The molecule has 0 aromatic heterocycles. The summed E-state index contributed by atoms with van der Waals surface area (Å²) in [6.45, 7) is 3.59. The zero-order valence-electron chi connectivity index (χ0n) is 11.3. The Balaban J connectivity index is 2.24. The third-order valence-electron chi connectivity index (χ3n) is 3.77. The van der Waals surface area contributed by atoms with Crippen LogP contribution in [-0.2, 0) is 0 Å². The van der Waals surface area contributed by atoms with E-state index in [-0.39, 0.29) is 11.6 Å². The van der Waals surface area contributed by atoms with Crippen molar-refractivity contribution >= 4 is 27.5 Å². The molecule has 1 aliphatic heterocycles. The molecule has 1 fully saturated rings. The minimum atomic E-state index is -0.478. The van der Waals surface area contributed by atoms with Gasteiger partial charge in [0.1, 0.15) is 0 Å². The molecule has 1 heterocycles. The number of carbonyl (C=O) groups is 1. The highest BCUT2D eigenvalue weighted by Gasteiger charge is 2.25. The molecular weight excluding hydrogens is 324 g/mol. The van der Waals surface area contributed by atoms with Gasteiger partial charge in [-0.15, -0.1) is 0 Å². The Hall–Kier alpha value is -1.43. The van der Waals surface area contributed by atoms with E-state index in [9.17, 15) is 14.9 Å². The van der Waals surface area contributed by atoms with Crippen LogP contribution >= 0.6 is 15.9 Å². The molecule has 0 bridgehead atoms. The van der Waals surface area contributed by atoms with Gasteiger partial charge in [-0.25, -0.2) is 0 Å². The molecular formula is C14H17BrN2O3. The highest BCUT2D eigenvalue weighted by Crippen LogP contribution is 2.26. The van der Waals surface area contributed by atoms with E-state index >= 15 is 0 Å².